The van der Waals surface area contributed by atoms with Crippen LogP contribution >= 0.6 is 22.9 Å². The van der Waals surface area contributed by atoms with E-state index in [4.69, 9.17) is 11.6 Å². The first-order chi connectivity index (χ1) is 11.1. The van der Waals surface area contributed by atoms with Gasteiger partial charge < -0.3 is 10.4 Å². The molecule has 122 valence electrons. The van der Waals surface area contributed by atoms with Crippen LogP contribution in [0.2, 0.25) is 5.02 Å². The number of hydrogen-bond acceptors (Lipinski definition) is 4. The number of amides is 1. The molecule has 0 spiro atoms. The van der Waals surface area contributed by atoms with Crippen molar-refractivity contribution in [2.45, 2.75) is 44.2 Å². The molecule has 0 atom stereocenters. The third-order valence-electron chi connectivity index (χ3n) is 4.06. The van der Waals surface area contributed by atoms with Gasteiger partial charge >= 0.3 is 0 Å². The summed E-state index contributed by atoms with van der Waals surface area (Å²) < 4.78 is 0. The second-order valence-corrected chi connectivity index (χ2v) is 7.14. The van der Waals surface area contributed by atoms with Crippen molar-refractivity contribution in [2.75, 3.05) is 0 Å². The first kappa shape index (κ1) is 16.4. The molecule has 2 N–H and O–H groups in total. The van der Waals surface area contributed by atoms with Crippen LogP contribution in [0.1, 0.15) is 31.4 Å². The molecule has 0 radical (unpaired) electrons. The van der Waals surface area contributed by atoms with Crippen molar-refractivity contribution < 1.29 is 9.90 Å². The molecule has 4 nitrogen and oxygen atoms in total. The van der Waals surface area contributed by atoms with E-state index in [2.05, 4.69) is 10.3 Å². The lowest BCUT2D eigenvalue weighted by Crippen LogP contribution is -2.39. The molecule has 1 aromatic heterocycles. The minimum absolute atomic E-state index is 0.0117. The predicted molar refractivity (Wildman–Crippen MR) is 92.7 cm³/mol. The number of halogens is 1. The quantitative estimate of drug-likeness (QED) is 0.888. The molecule has 1 aromatic carbocycles. The third kappa shape index (κ3) is 4.31. The van der Waals surface area contributed by atoms with E-state index in [1.54, 1.807) is 0 Å². The van der Waals surface area contributed by atoms with Gasteiger partial charge in [-0.05, 0) is 31.7 Å². The molecule has 0 bridgehead atoms. The van der Waals surface area contributed by atoms with E-state index in [1.807, 2.05) is 29.6 Å². The molecule has 1 saturated carbocycles. The van der Waals surface area contributed by atoms with Crippen LogP contribution in [0, 0.1) is 0 Å². The minimum Gasteiger partial charge on any atom is -0.393 e. The van der Waals surface area contributed by atoms with Gasteiger partial charge in [0.15, 0.2) is 0 Å². The molecule has 6 heteroatoms. The second kappa shape index (κ2) is 7.43. The normalized spacial score (nSPS) is 21.1. The SMILES string of the molecule is O=C(Cc1csc(-c2ccccc2Cl)n1)NC1CCC(O)CC1. The van der Waals surface area contributed by atoms with Crippen LogP contribution in [0.25, 0.3) is 10.6 Å². The van der Waals surface area contributed by atoms with Crippen LogP contribution in [0.4, 0.5) is 0 Å². The topological polar surface area (TPSA) is 62.2 Å². The summed E-state index contributed by atoms with van der Waals surface area (Å²) in [6, 6.07) is 7.75. The van der Waals surface area contributed by atoms with E-state index in [0.717, 1.165) is 41.9 Å². The Hall–Kier alpha value is -1.43. The van der Waals surface area contributed by atoms with Gasteiger partial charge in [-0.2, -0.15) is 0 Å². The summed E-state index contributed by atoms with van der Waals surface area (Å²) in [6.07, 6.45) is 3.28. The highest BCUT2D eigenvalue weighted by Crippen LogP contribution is 2.30. The lowest BCUT2D eigenvalue weighted by molar-refractivity contribution is -0.121. The van der Waals surface area contributed by atoms with Crippen molar-refractivity contribution in [3.63, 3.8) is 0 Å². The standard InChI is InChI=1S/C17H19ClN2O2S/c18-15-4-2-1-3-14(15)17-20-12(10-23-17)9-16(22)19-11-5-7-13(21)8-6-11/h1-4,10-11,13,21H,5-9H2,(H,19,22). The zero-order valence-electron chi connectivity index (χ0n) is 12.7. The second-order valence-electron chi connectivity index (χ2n) is 5.87. The fraction of sp³-hybridized carbons (Fsp3) is 0.412. The molecule has 1 heterocycles. The Morgan fingerprint density at radius 2 is 2.04 bits per heavy atom. The Balaban J connectivity index is 1.58. The van der Waals surface area contributed by atoms with Crippen LogP contribution in [0.3, 0.4) is 0 Å². The number of benzene rings is 1. The van der Waals surface area contributed by atoms with Gasteiger partial charge in [-0.1, -0.05) is 29.8 Å². The Morgan fingerprint density at radius 1 is 1.30 bits per heavy atom. The van der Waals surface area contributed by atoms with Gasteiger partial charge in [0.25, 0.3) is 0 Å². The highest BCUT2D eigenvalue weighted by atomic mass is 35.5. The molecule has 0 aliphatic heterocycles. The number of nitrogens with zero attached hydrogens (tertiary/aromatic N) is 1. The third-order valence-corrected chi connectivity index (χ3v) is 5.31. The Morgan fingerprint density at radius 3 is 2.78 bits per heavy atom. The fourth-order valence-electron chi connectivity index (χ4n) is 2.81. The lowest BCUT2D eigenvalue weighted by Gasteiger charge is -2.26. The summed E-state index contributed by atoms with van der Waals surface area (Å²) in [5.41, 5.74) is 1.66. The van der Waals surface area contributed by atoms with E-state index in [1.165, 1.54) is 11.3 Å². The van der Waals surface area contributed by atoms with Crippen molar-refractivity contribution in [3.05, 3.63) is 40.4 Å². The summed E-state index contributed by atoms with van der Waals surface area (Å²) in [5.74, 6) is -0.0117. The van der Waals surface area contributed by atoms with E-state index in [9.17, 15) is 9.90 Å². The fourth-order valence-corrected chi connectivity index (χ4v) is 3.95. The first-order valence-corrected chi connectivity index (χ1v) is 9.04. The molecule has 1 aliphatic rings. The summed E-state index contributed by atoms with van der Waals surface area (Å²) in [4.78, 5) is 16.7. The van der Waals surface area contributed by atoms with E-state index >= 15 is 0 Å². The summed E-state index contributed by atoms with van der Waals surface area (Å²) in [5, 5.41) is 15.9. The molecule has 0 unspecified atom stereocenters. The first-order valence-electron chi connectivity index (χ1n) is 7.78. The number of aliphatic hydroxyl groups excluding tert-OH is 1. The van der Waals surface area contributed by atoms with Gasteiger partial charge in [-0.3, -0.25) is 4.79 Å². The summed E-state index contributed by atoms with van der Waals surface area (Å²) in [7, 11) is 0. The van der Waals surface area contributed by atoms with Crippen LogP contribution in [-0.2, 0) is 11.2 Å². The van der Waals surface area contributed by atoms with E-state index < -0.39 is 0 Å². The Bertz CT molecular complexity index is 681. The van der Waals surface area contributed by atoms with Gasteiger partial charge in [-0.25, -0.2) is 4.98 Å². The highest BCUT2D eigenvalue weighted by molar-refractivity contribution is 7.13. The van der Waals surface area contributed by atoms with Gasteiger partial charge in [0, 0.05) is 17.0 Å². The number of carbonyl (C=O) groups is 1. The summed E-state index contributed by atoms with van der Waals surface area (Å²) >= 11 is 7.68. The maximum Gasteiger partial charge on any atom is 0.226 e. The number of aromatic nitrogens is 1. The molecular weight excluding hydrogens is 332 g/mol. The maximum atomic E-state index is 12.1. The average molecular weight is 351 g/mol. The molecule has 23 heavy (non-hydrogen) atoms. The van der Waals surface area contributed by atoms with Crippen molar-refractivity contribution in [1.82, 2.24) is 10.3 Å². The molecule has 1 fully saturated rings. The number of nitrogens with one attached hydrogen (secondary N) is 1. The number of rotatable bonds is 4. The van der Waals surface area contributed by atoms with Gasteiger partial charge in [0.1, 0.15) is 5.01 Å². The van der Waals surface area contributed by atoms with Crippen molar-refractivity contribution in [3.8, 4) is 10.6 Å². The molecule has 1 amide bonds. The molecule has 1 aliphatic carbocycles. The smallest absolute Gasteiger partial charge is 0.226 e. The molecule has 2 aromatic rings. The van der Waals surface area contributed by atoms with Gasteiger partial charge in [-0.15, -0.1) is 11.3 Å². The minimum atomic E-state index is -0.208. The zero-order valence-corrected chi connectivity index (χ0v) is 14.2. The Labute approximate surface area is 144 Å². The number of carbonyl (C=O) groups excluding carboxylic acids is 1. The van der Waals surface area contributed by atoms with Crippen molar-refractivity contribution in [2.24, 2.45) is 0 Å². The average Bonchev–Trinajstić information content (AvgIpc) is 2.98. The maximum absolute atomic E-state index is 12.1. The summed E-state index contributed by atoms with van der Waals surface area (Å²) in [6.45, 7) is 0. The Kier molecular flexibility index (Phi) is 5.30. The van der Waals surface area contributed by atoms with Gasteiger partial charge in [0.2, 0.25) is 5.91 Å². The van der Waals surface area contributed by atoms with E-state index in [0.29, 0.717) is 5.02 Å². The molecule has 3 rings (SSSR count). The van der Waals surface area contributed by atoms with Crippen LogP contribution in [0.5, 0.6) is 0 Å². The van der Waals surface area contributed by atoms with E-state index in [-0.39, 0.29) is 24.5 Å². The lowest BCUT2D eigenvalue weighted by atomic mass is 9.93. The van der Waals surface area contributed by atoms with Crippen LogP contribution in [0.15, 0.2) is 29.6 Å². The van der Waals surface area contributed by atoms with Crippen LogP contribution in [-0.4, -0.2) is 28.1 Å². The zero-order chi connectivity index (χ0) is 16.2. The largest absolute Gasteiger partial charge is 0.393 e. The van der Waals surface area contributed by atoms with Crippen LogP contribution < -0.4 is 5.32 Å². The monoisotopic (exact) mass is 350 g/mol. The molecule has 0 saturated heterocycles. The number of thiazole rings is 1. The number of hydrogen-bond donors (Lipinski definition) is 2. The predicted octanol–water partition coefficient (Wildman–Crippen LogP) is 3.43. The van der Waals surface area contributed by atoms with Gasteiger partial charge in [0.05, 0.1) is 23.2 Å². The number of aliphatic hydroxyl groups is 1. The highest BCUT2D eigenvalue weighted by Gasteiger charge is 2.21. The van der Waals surface area contributed by atoms with Crippen molar-refractivity contribution in [1.29, 1.82) is 0 Å². The molecular formula is C17H19ClN2O2S. The van der Waals surface area contributed by atoms with Crippen molar-refractivity contribution >= 4 is 28.8 Å².